The average molecular weight is 245 g/mol. The number of rotatable bonds is 1. The maximum atomic E-state index is 11.7. The topological polar surface area (TPSA) is 92.5 Å². The van der Waals surface area contributed by atoms with E-state index in [-0.39, 0.29) is 11.9 Å². The van der Waals surface area contributed by atoms with Crippen molar-refractivity contribution in [3.8, 4) is 0 Å². The highest BCUT2D eigenvalue weighted by atomic mass is 16.2. The number of nitrogens with zero attached hydrogens (tertiary/aromatic N) is 1. The van der Waals surface area contributed by atoms with Crippen LogP contribution in [0.1, 0.15) is 27.1 Å². The molecular weight excluding hydrogens is 234 g/mol. The summed E-state index contributed by atoms with van der Waals surface area (Å²) in [6, 6.07) is 4.60. The van der Waals surface area contributed by atoms with Gasteiger partial charge in [-0.3, -0.25) is 19.7 Å². The van der Waals surface area contributed by atoms with Crippen LogP contribution >= 0.6 is 0 Å². The highest BCUT2D eigenvalue weighted by molar-refractivity contribution is 6.22. The van der Waals surface area contributed by atoms with E-state index < -0.39 is 11.8 Å². The van der Waals surface area contributed by atoms with Gasteiger partial charge in [-0.1, -0.05) is 0 Å². The van der Waals surface area contributed by atoms with Crippen molar-refractivity contribution in [1.82, 2.24) is 5.32 Å². The van der Waals surface area contributed by atoms with Crippen LogP contribution in [0.4, 0.5) is 5.69 Å². The number of hydrogen-bond donors (Lipinski definition) is 2. The molecule has 0 aliphatic carbocycles. The molecule has 3 rings (SSSR count). The smallest absolute Gasteiger partial charge is 0.259 e. The van der Waals surface area contributed by atoms with Gasteiger partial charge in [-0.15, -0.1) is 0 Å². The number of fused-ring (bicyclic) bond motifs is 1. The van der Waals surface area contributed by atoms with Gasteiger partial charge in [-0.2, -0.15) is 0 Å². The lowest BCUT2D eigenvalue weighted by atomic mass is 10.1. The molecule has 0 spiro atoms. The van der Waals surface area contributed by atoms with E-state index in [0.717, 1.165) is 0 Å². The third-order valence-corrected chi connectivity index (χ3v) is 3.19. The third-order valence-electron chi connectivity index (χ3n) is 3.19. The van der Waals surface area contributed by atoms with Crippen LogP contribution in [0.25, 0.3) is 0 Å². The minimum absolute atomic E-state index is 0.0628. The van der Waals surface area contributed by atoms with E-state index in [0.29, 0.717) is 29.8 Å². The van der Waals surface area contributed by atoms with E-state index in [1.54, 1.807) is 23.1 Å². The largest absolute Gasteiger partial charge is 0.326 e. The quantitative estimate of drug-likeness (QED) is 0.660. The second kappa shape index (κ2) is 3.64. The summed E-state index contributed by atoms with van der Waals surface area (Å²) in [5.74, 6) is -0.883. The summed E-state index contributed by atoms with van der Waals surface area (Å²) in [6.45, 7) is 0.438. The molecule has 2 aliphatic heterocycles. The Balaban J connectivity index is 2.01. The van der Waals surface area contributed by atoms with Crippen molar-refractivity contribution in [3.63, 3.8) is 0 Å². The summed E-state index contributed by atoms with van der Waals surface area (Å²) in [7, 11) is 0. The Morgan fingerprint density at radius 2 is 1.89 bits per heavy atom. The molecule has 2 heterocycles. The van der Waals surface area contributed by atoms with Crippen LogP contribution < -0.4 is 16.0 Å². The third kappa shape index (κ3) is 1.50. The number of carbonyl (C=O) groups is 3. The van der Waals surface area contributed by atoms with Gasteiger partial charge in [0.2, 0.25) is 5.91 Å². The molecule has 3 amide bonds. The van der Waals surface area contributed by atoms with Crippen LogP contribution in [0.2, 0.25) is 0 Å². The van der Waals surface area contributed by atoms with E-state index in [2.05, 4.69) is 5.32 Å². The van der Waals surface area contributed by atoms with Gasteiger partial charge < -0.3 is 10.6 Å². The number of hydrogen-bond acceptors (Lipinski definition) is 4. The van der Waals surface area contributed by atoms with Crippen molar-refractivity contribution in [3.05, 3.63) is 29.3 Å². The van der Waals surface area contributed by atoms with Gasteiger partial charge in [-0.05, 0) is 18.2 Å². The van der Waals surface area contributed by atoms with Crippen molar-refractivity contribution in [2.24, 2.45) is 5.73 Å². The number of imide groups is 1. The molecule has 2 aliphatic rings. The normalized spacial score (nSPS) is 22.4. The second-order valence-corrected chi connectivity index (χ2v) is 4.48. The van der Waals surface area contributed by atoms with Gasteiger partial charge in [0.25, 0.3) is 11.8 Å². The van der Waals surface area contributed by atoms with E-state index in [9.17, 15) is 14.4 Å². The zero-order valence-electron chi connectivity index (χ0n) is 9.47. The molecule has 1 fully saturated rings. The summed E-state index contributed by atoms with van der Waals surface area (Å²) < 4.78 is 0. The van der Waals surface area contributed by atoms with Gasteiger partial charge >= 0.3 is 0 Å². The van der Waals surface area contributed by atoms with Crippen LogP contribution in [0.5, 0.6) is 0 Å². The molecule has 1 unspecified atom stereocenters. The van der Waals surface area contributed by atoms with Crippen molar-refractivity contribution >= 4 is 23.4 Å². The molecule has 0 bridgehead atoms. The van der Waals surface area contributed by atoms with Gasteiger partial charge in [0, 0.05) is 24.7 Å². The first kappa shape index (κ1) is 10.9. The summed E-state index contributed by atoms with van der Waals surface area (Å²) >= 11 is 0. The molecule has 6 nitrogen and oxygen atoms in total. The molecule has 0 radical (unpaired) electrons. The van der Waals surface area contributed by atoms with E-state index in [1.807, 2.05) is 0 Å². The van der Waals surface area contributed by atoms with Gasteiger partial charge in [0.15, 0.2) is 0 Å². The second-order valence-electron chi connectivity index (χ2n) is 4.48. The Kier molecular flexibility index (Phi) is 2.21. The van der Waals surface area contributed by atoms with Crippen LogP contribution in [0.15, 0.2) is 18.2 Å². The lowest BCUT2D eigenvalue weighted by Gasteiger charge is -2.16. The molecule has 18 heavy (non-hydrogen) atoms. The van der Waals surface area contributed by atoms with Crippen molar-refractivity contribution < 1.29 is 14.4 Å². The molecule has 1 atom stereocenters. The fourth-order valence-electron chi connectivity index (χ4n) is 2.31. The maximum absolute atomic E-state index is 11.7. The fourth-order valence-corrected chi connectivity index (χ4v) is 2.31. The molecule has 92 valence electrons. The van der Waals surface area contributed by atoms with Crippen LogP contribution in [-0.2, 0) is 4.79 Å². The average Bonchev–Trinajstić information content (AvgIpc) is 2.80. The minimum Gasteiger partial charge on any atom is -0.326 e. The summed E-state index contributed by atoms with van der Waals surface area (Å²) in [5, 5.41) is 2.21. The number of anilines is 1. The van der Waals surface area contributed by atoms with Crippen molar-refractivity contribution in [1.29, 1.82) is 0 Å². The van der Waals surface area contributed by atoms with Gasteiger partial charge in [0.1, 0.15) is 0 Å². The first-order chi connectivity index (χ1) is 8.56. The van der Waals surface area contributed by atoms with Crippen molar-refractivity contribution in [2.75, 3.05) is 11.4 Å². The fraction of sp³-hybridized carbons (Fsp3) is 0.250. The molecule has 1 aromatic rings. The number of amides is 3. The van der Waals surface area contributed by atoms with Crippen LogP contribution in [0, 0.1) is 0 Å². The molecule has 6 heteroatoms. The monoisotopic (exact) mass is 245 g/mol. The Labute approximate surface area is 103 Å². The van der Waals surface area contributed by atoms with Gasteiger partial charge in [-0.25, -0.2) is 0 Å². The number of nitrogens with one attached hydrogen (secondary N) is 1. The van der Waals surface area contributed by atoms with E-state index in [4.69, 9.17) is 5.73 Å². The highest BCUT2D eigenvalue weighted by Gasteiger charge is 2.31. The first-order valence-corrected chi connectivity index (χ1v) is 5.62. The zero-order chi connectivity index (χ0) is 12.9. The molecule has 1 aromatic carbocycles. The summed E-state index contributed by atoms with van der Waals surface area (Å²) in [4.78, 5) is 36.2. The Morgan fingerprint density at radius 3 is 2.56 bits per heavy atom. The highest BCUT2D eigenvalue weighted by Crippen LogP contribution is 2.26. The Hall–Kier alpha value is -2.21. The van der Waals surface area contributed by atoms with Crippen LogP contribution in [-0.4, -0.2) is 30.3 Å². The SMILES string of the molecule is NC1CC(=O)N(c2ccc3c(c2)C(=O)NC3=O)C1. The predicted octanol–water partition coefficient (Wildman–Crippen LogP) is -0.366. The first-order valence-electron chi connectivity index (χ1n) is 5.62. The summed E-state index contributed by atoms with van der Waals surface area (Å²) in [6.07, 6.45) is 0.308. The standard InChI is InChI=1S/C12H11N3O3/c13-6-3-10(16)15(5-6)7-1-2-8-9(4-7)12(18)14-11(8)17/h1-2,4,6H,3,5,13H2,(H,14,17,18). The predicted molar refractivity (Wildman–Crippen MR) is 63.2 cm³/mol. The van der Waals surface area contributed by atoms with Crippen molar-refractivity contribution in [2.45, 2.75) is 12.5 Å². The zero-order valence-corrected chi connectivity index (χ0v) is 9.47. The van der Waals surface area contributed by atoms with Gasteiger partial charge in [0.05, 0.1) is 11.1 Å². The Morgan fingerprint density at radius 1 is 1.17 bits per heavy atom. The molecular formula is C12H11N3O3. The lowest BCUT2D eigenvalue weighted by Crippen LogP contribution is -2.28. The lowest BCUT2D eigenvalue weighted by molar-refractivity contribution is -0.117. The van der Waals surface area contributed by atoms with E-state index >= 15 is 0 Å². The number of benzene rings is 1. The molecule has 1 saturated heterocycles. The maximum Gasteiger partial charge on any atom is 0.259 e. The molecule has 0 saturated carbocycles. The van der Waals surface area contributed by atoms with Crippen LogP contribution in [0.3, 0.4) is 0 Å². The molecule has 0 aromatic heterocycles. The molecule has 3 N–H and O–H groups in total. The Bertz CT molecular complexity index is 582. The minimum atomic E-state index is -0.423. The number of carbonyl (C=O) groups excluding carboxylic acids is 3. The summed E-state index contributed by atoms with van der Waals surface area (Å²) in [5.41, 5.74) is 6.98. The van der Waals surface area contributed by atoms with E-state index in [1.165, 1.54) is 0 Å². The number of nitrogens with two attached hydrogens (primary N) is 1.